The summed E-state index contributed by atoms with van der Waals surface area (Å²) in [6, 6.07) is 5.76. The molecule has 0 radical (unpaired) electrons. The number of carbonyl (C=O) groups is 1. The second kappa shape index (κ2) is 6.44. The van der Waals surface area contributed by atoms with E-state index >= 15 is 0 Å². The topological polar surface area (TPSA) is 79.0 Å². The molecule has 0 atom stereocenters. The Morgan fingerprint density at radius 3 is 2.72 bits per heavy atom. The zero-order valence-corrected chi connectivity index (χ0v) is 11.7. The minimum absolute atomic E-state index is 0.00671. The molecule has 0 aliphatic rings. The molecule has 0 saturated heterocycles. The van der Waals surface area contributed by atoms with E-state index in [1.807, 2.05) is 32.9 Å². The van der Waals surface area contributed by atoms with E-state index in [9.17, 15) is 4.79 Å². The van der Waals surface area contributed by atoms with E-state index in [1.165, 1.54) is 11.8 Å². The number of hydrogen-bond donors (Lipinski definition) is 3. The van der Waals surface area contributed by atoms with Gasteiger partial charge in [-0.1, -0.05) is 18.2 Å². The van der Waals surface area contributed by atoms with Gasteiger partial charge in [0.05, 0.1) is 5.75 Å². The summed E-state index contributed by atoms with van der Waals surface area (Å²) < 4.78 is 0. The van der Waals surface area contributed by atoms with Crippen molar-refractivity contribution < 1.29 is 4.79 Å². The smallest absolute Gasteiger partial charge is 0.230 e. The Balaban J connectivity index is 2.78. The number of nitrogens with two attached hydrogens (primary N) is 1. The predicted octanol–water partition coefficient (Wildman–Crippen LogP) is 1.90. The zero-order valence-electron chi connectivity index (χ0n) is 10.9. The summed E-state index contributed by atoms with van der Waals surface area (Å²) in [6.07, 6.45) is 0. The Morgan fingerprint density at radius 2 is 2.17 bits per heavy atom. The molecule has 1 aromatic rings. The lowest BCUT2D eigenvalue weighted by atomic mass is 10.1. The number of nitrogen functional groups attached to an aromatic ring is 1. The molecule has 98 valence electrons. The highest BCUT2D eigenvalue weighted by atomic mass is 32.2. The first-order chi connectivity index (χ1) is 8.41. The summed E-state index contributed by atoms with van der Waals surface area (Å²) >= 11 is 1.42. The standard InChI is InChI=1S/C13H19N3OS/c1-8(2)16-11(17)7-18-12-9(3)5-4-6-10(12)13(14)15/h4-6,8H,7H2,1-3H3,(H3,14,15)(H,16,17). The van der Waals surface area contributed by atoms with E-state index in [4.69, 9.17) is 11.1 Å². The van der Waals surface area contributed by atoms with Gasteiger partial charge in [-0.2, -0.15) is 0 Å². The molecular weight excluding hydrogens is 246 g/mol. The third-order valence-corrected chi connectivity index (χ3v) is 3.54. The van der Waals surface area contributed by atoms with Gasteiger partial charge in [0.15, 0.2) is 0 Å². The van der Waals surface area contributed by atoms with Crippen molar-refractivity contribution in [2.24, 2.45) is 5.73 Å². The first-order valence-corrected chi connectivity index (χ1v) is 6.76. The lowest BCUT2D eigenvalue weighted by Crippen LogP contribution is -2.31. The van der Waals surface area contributed by atoms with Crippen LogP contribution in [0, 0.1) is 12.3 Å². The van der Waals surface area contributed by atoms with Gasteiger partial charge < -0.3 is 11.1 Å². The molecule has 0 aliphatic carbocycles. The van der Waals surface area contributed by atoms with E-state index in [2.05, 4.69) is 5.32 Å². The molecule has 0 fully saturated rings. The Morgan fingerprint density at radius 1 is 1.50 bits per heavy atom. The van der Waals surface area contributed by atoms with Gasteiger partial charge in [-0.25, -0.2) is 0 Å². The number of hydrogen-bond acceptors (Lipinski definition) is 3. The van der Waals surface area contributed by atoms with Crippen molar-refractivity contribution in [3.05, 3.63) is 29.3 Å². The van der Waals surface area contributed by atoms with Crippen molar-refractivity contribution in [1.82, 2.24) is 5.32 Å². The molecule has 0 aliphatic heterocycles. The number of carbonyl (C=O) groups excluding carboxylic acids is 1. The Hall–Kier alpha value is -1.49. The average Bonchev–Trinajstić information content (AvgIpc) is 2.25. The molecule has 18 heavy (non-hydrogen) atoms. The molecule has 1 rings (SSSR count). The minimum atomic E-state index is -0.00671. The monoisotopic (exact) mass is 265 g/mol. The van der Waals surface area contributed by atoms with Gasteiger partial charge in [-0.15, -0.1) is 11.8 Å². The number of benzene rings is 1. The first-order valence-electron chi connectivity index (χ1n) is 5.78. The summed E-state index contributed by atoms with van der Waals surface area (Å²) in [7, 11) is 0. The van der Waals surface area contributed by atoms with Crippen molar-refractivity contribution in [3.8, 4) is 0 Å². The molecule has 4 nitrogen and oxygen atoms in total. The number of rotatable bonds is 5. The van der Waals surface area contributed by atoms with Crippen LogP contribution in [0.4, 0.5) is 0 Å². The van der Waals surface area contributed by atoms with Gasteiger partial charge in [0, 0.05) is 16.5 Å². The number of nitrogens with one attached hydrogen (secondary N) is 2. The van der Waals surface area contributed by atoms with Gasteiger partial charge >= 0.3 is 0 Å². The Bertz CT molecular complexity index is 458. The first kappa shape index (κ1) is 14.6. The van der Waals surface area contributed by atoms with Crippen LogP contribution in [0.3, 0.4) is 0 Å². The van der Waals surface area contributed by atoms with E-state index in [0.717, 1.165) is 10.5 Å². The Kier molecular flexibility index (Phi) is 5.22. The fourth-order valence-electron chi connectivity index (χ4n) is 1.56. The summed E-state index contributed by atoms with van der Waals surface area (Å²) in [5.41, 5.74) is 7.26. The van der Waals surface area contributed by atoms with E-state index in [1.54, 1.807) is 6.07 Å². The van der Waals surface area contributed by atoms with Crippen molar-refractivity contribution >= 4 is 23.5 Å². The van der Waals surface area contributed by atoms with Crippen molar-refractivity contribution in [2.75, 3.05) is 5.75 Å². The van der Waals surface area contributed by atoms with Crippen LogP contribution in [-0.4, -0.2) is 23.5 Å². The van der Waals surface area contributed by atoms with E-state index in [0.29, 0.717) is 11.3 Å². The number of amidine groups is 1. The fourth-order valence-corrected chi connectivity index (χ4v) is 2.55. The minimum Gasteiger partial charge on any atom is -0.384 e. The normalized spacial score (nSPS) is 10.4. The van der Waals surface area contributed by atoms with Crippen LogP contribution in [0.25, 0.3) is 0 Å². The van der Waals surface area contributed by atoms with Crippen molar-refractivity contribution in [1.29, 1.82) is 5.41 Å². The molecule has 4 N–H and O–H groups in total. The van der Waals surface area contributed by atoms with Gasteiger partial charge in [0.25, 0.3) is 0 Å². The van der Waals surface area contributed by atoms with Crippen LogP contribution in [0.1, 0.15) is 25.0 Å². The quantitative estimate of drug-likeness (QED) is 0.432. The average molecular weight is 265 g/mol. The van der Waals surface area contributed by atoms with E-state index < -0.39 is 0 Å². The largest absolute Gasteiger partial charge is 0.384 e. The second-order valence-corrected chi connectivity index (χ2v) is 5.36. The van der Waals surface area contributed by atoms with Gasteiger partial charge in [-0.3, -0.25) is 10.2 Å². The molecule has 1 aromatic carbocycles. The van der Waals surface area contributed by atoms with Crippen LogP contribution in [0.2, 0.25) is 0 Å². The van der Waals surface area contributed by atoms with Crippen molar-refractivity contribution in [3.63, 3.8) is 0 Å². The van der Waals surface area contributed by atoms with Gasteiger partial charge in [0.1, 0.15) is 5.84 Å². The highest BCUT2D eigenvalue weighted by molar-refractivity contribution is 8.00. The molecule has 0 heterocycles. The van der Waals surface area contributed by atoms with Gasteiger partial charge in [-0.05, 0) is 26.3 Å². The molecule has 0 bridgehead atoms. The summed E-state index contributed by atoms with van der Waals surface area (Å²) in [5, 5.41) is 10.4. The molecule has 1 amide bonds. The third kappa shape index (κ3) is 4.07. The van der Waals surface area contributed by atoms with Gasteiger partial charge in [0.2, 0.25) is 5.91 Å². The molecule has 0 unspecified atom stereocenters. The summed E-state index contributed by atoms with van der Waals surface area (Å²) in [6.45, 7) is 5.81. The predicted molar refractivity (Wildman–Crippen MR) is 76.2 cm³/mol. The van der Waals surface area contributed by atoms with Crippen LogP contribution < -0.4 is 11.1 Å². The highest BCUT2D eigenvalue weighted by Crippen LogP contribution is 2.26. The third-order valence-electron chi connectivity index (χ3n) is 2.30. The number of aryl methyl sites for hydroxylation is 1. The molecule has 0 saturated carbocycles. The zero-order chi connectivity index (χ0) is 13.7. The molecule has 0 aromatic heterocycles. The maximum atomic E-state index is 11.6. The van der Waals surface area contributed by atoms with Crippen LogP contribution >= 0.6 is 11.8 Å². The van der Waals surface area contributed by atoms with Crippen LogP contribution in [-0.2, 0) is 4.79 Å². The maximum Gasteiger partial charge on any atom is 0.230 e. The Labute approximate surface area is 112 Å². The molecule has 0 spiro atoms. The van der Waals surface area contributed by atoms with Crippen LogP contribution in [0.15, 0.2) is 23.1 Å². The number of thioether (sulfide) groups is 1. The highest BCUT2D eigenvalue weighted by Gasteiger charge is 2.11. The van der Waals surface area contributed by atoms with E-state index in [-0.39, 0.29) is 17.8 Å². The lowest BCUT2D eigenvalue weighted by Gasteiger charge is -2.12. The lowest BCUT2D eigenvalue weighted by molar-refractivity contribution is -0.119. The van der Waals surface area contributed by atoms with Crippen LogP contribution in [0.5, 0.6) is 0 Å². The maximum absolute atomic E-state index is 11.6. The summed E-state index contributed by atoms with van der Waals surface area (Å²) in [4.78, 5) is 12.5. The fraction of sp³-hybridized carbons (Fsp3) is 0.385. The second-order valence-electron chi connectivity index (χ2n) is 4.38. The SMILES string of the molecule is Cc1cccc(C(=N)N)c1SCC(=O)NC(C)C. The number of amides is 1. The summed E-state index contributed by atoms with van der Waals surface area (Å²) in [5.74, 6) is 0.363. The molecular formula is C13H19N3OS. The molecule has 5 heteroatoms. The van der Waals surface area contributed by atoms with Crippen molar-refractivity contribution in [2.45, 2.75) is 31.7 Å².